The van der Waals surface area contributed by atoms with Crippen LogP contribution in [0.3, 0.4) is 0 Å². The minimum absolute atomic E-state index is 1.03. The fourth-order valence-electron chi connectivity index (χ4n) is 4.64. The zero-order valence-corrected chi connectivity index (χ0v) is 16.3. The molecule has 0 bridgehead atoms. The zero-order valence-electron chi connectivity index (χ0n) is 16.3. The molecule has 0 unspecified atom stereocenters. The Labute approximate surface area is 160 Å². The highest BCUT2D eigenvalue weighted by Crippen LogP contribution is 2.35. The molecule has 0 atom stereocenters. The molecule has 0 spiro atoms. The summed E-state index contributed by atoms with van der Waals surface area (Å²) in [6, 6.07) is 10.6. The molecule has 140 valence electrons. The highest BCUT2D eigenvalue weighted by molar-refractivity contribution is 5.81. The Balaban J connectivity index is 1.75. The predicted molar refractivity (Wildman–Crippen MR) is 109 cm³/mol. The monoisotopic (exact) mass is 362 g/mol. The second-order valence-corrected chi connectivity index (χ2v) is 8.07. The van der Waals surface area contributed by atoms with Crippen molar-refractivity contribution in [3.05, 3.63) is 47.3 Å². The largest absolute Gasteiger partial charge is 0.345 e. The number of hydrogen-bond donors (Lipinski definition) is 1. The van der Waals surface area contributed by atoms with Crippen LogP contribution in [0.4, 0.5) is 5.82 Å². The van der Waals surface area contributed by atoms with Gasteiger partial charge in [0.15, 0.2) is 5.65 Å². The molecule has 1 fully saturated rings. The van der Waals surface area contributed by atoms with E-state index in [0.29, 0.717) is 0 Å². The van der Waals surface area contributed by atoms with Gasteiger partial charge in [-0.15, -0.1) is 0 Å². The van der Waals surface area contributed by atoms with Crippen LogP contribution in [0, 0.1) is 6.92 Å². The fraction of sp³-hybridized carbons (Fsp3) is 0.455. The molecule has 5 heteroatoms. The van der Waals surface area contributed by atoms with E-state index in [1.807, 2.05) is 0 Å². The van der Waals surface area contributed by atoms with E-state index < -0.39 is 0 Å². The average molecular weight is 363 g/mol. The molecule has 27 heavy (non-hydrogen) atoms. The van der Waals surface area contributed by atoms with E-state index in [0.717, 1.165) is 37.3 Å². The van der Waals surface area contributed by atoms with Crippen molar-refractivity contribution in [1.82, 2.24) is 14.6 Å². The van der Waals surface area contributed by atoms with E-state index >= 15 is 0 Å². The minimum Gasteiger partial charge on any atom is -0.345 e. The molecule has 1 aromatic carbocycles. The molecule has 2 aliphatic rings. The maximum Gasteiger partial charge on any atom is 0.165 e. The van der Waals surface area contributed by atoms with Crippen molar-refractivity contribution in [2.75, 3.05) is 38.1 Å². The van der Waals surface area contributed by atoms with E-state index in [1.54, 1.807) is 4.90 Å². The van der Waals surface area contributed by atoms with Gasteiger partial charge in [-0.05, 0) is 38.2 Å². The van der Waals surface area contributed by atoms with Gasteiger partial charge in [0, 0.05) is 16.8 Å². The number of piperazine rings is 1. The van der Waals surface area contributed by atoms with Crippen LogP contribution in [0.5, 0.6) is 0 Å². The minimum atomic E-state index is 1.03. The summed E-state index contributed by atoms with van der Waals surface area (Å²) in [6.45, 7) is 6.68. The summed E-state index contributed by atoms with van der Waals surface area (Å²) in [5.41, 5.74) is 7.23. The molecule has 1 aliphatic heterocycles. The number of quaternary nitrogens is 1. The standard InChI is InChI=1S/C22H27N5/c1-16-20(17-8-4-3-5-9-17)21-23-19-11-7-6-10-18(19)22(27(21)24-16)26-14-12-25(2)13-15-26/h3-5,8-9H,6-7,10-15H2,1-2H3/p+1. The molecule has 5 rings (SSSR count). The summed E-state index contributed by atoms with van der Waals surface area (Å²) < 4.78 is 2.16. The van der Waals surface area contributed by atoms with Crippen LogP contribution in [-0.4, -0.2) is 47.8 Å². The maximum atomic E-state index is 5.15. The highest BCUT2D eigenvalue weighted by atomic mass is 15.4. The normalized spacial score (nSPS) is 18.1. The number of benzene rings is 1. The van der Waals surface area contributed by atoms with E-state index in [1.165, 1.54) is 54.1 Å². The van der Waals surface area contributed by atoms with Gasteiger partial charge in [-0.3, -0.25) is 0 Å². The molecular formula is C22H28N5+. The number of aryl methyl sites for hydroxylation is 2. The molecule has 0 amide bonds. The van der Waals surface area contributed by atoms with E-state index in [9.17, 15) is 0 Å². The number of aromatic nitrogens is 3. The summed E-state index contributed by atoms with van der Waals surface area (Å²) in [5.74, 6) is 1.31. The Morgan fingerprint density at radius 3 is 2.52 bits per heavy atom. The maximum absolute atomic E-state index is 5.15. The van der Waals surface area contributed by atoms with Gasteiger partial charge in [0.1, 0.15) is 5.82 Å². The molecule has 1 aliphatic carbocycles. The smallest absolute Gasteiger partial charge is 0.165 e. The topological polar surface area (TPSA) is 37.9 Å². The van der Waals surface area contributed by atoms with Crippen molar-refractivity contribution in [3.8, 4) is 11.1 Å². The summed E-state index contributed by atoms with van der Waals surface area (Å²) in [6.07, 6.45) is 4.73. The van der Waals surface area contributed by atoms with Gasteiger partial charge >= 0.3 is 0 Å². The fourth-order valence-corrected chi connectivity index (χ4v) is 4.64. The van der Waals surface area contributed by atoms with Crippen molar-refractivity contribution in [1.29, 1.82) is 0 Å². The van der Waals surface area contributed by atoms with Gasteiger partial charge in [0.25, 0.3) is 0 Å². The summed E-state index contributed by atoms with van der Waals surface area (Å²) in [5, 5.41) is 5.00. The van der Waals surface area contributed by atoms with Crippen LogP contribution in [0.2, 0.25) is 0 Å². The van der Waals surface area contributed by atoms with E-state index in [-0.39, 0.29) is 0 Å². The molecule has 1 saturated heterocycles. The van der Waals surface area contributed by atoms with E-state index in [4.69, 9.17) is 10.1 Å². The lowest BCUT2D eigenvalue weighted by molar-refractivity contribution is -0.880. The Kier molecular flexibility index (Phi) is 4.12. The molecular weight excluding hydrogens is 334 g/mol. The van der Waals surface area contributed by atoms with Gasteiger partial charge in [0.05, 0.1) is 38.9 Å². The number of rotatable bonds is 2. The first-order valence-electron chi connectivity index (χ1n) is 10.2. The van der Waals surface area contributed by atoms with Crippen molar-refractivity contribution < 1.29 is 4.90 Å². The van der Waals surface area contributed by atoms with Crippen molar-refractivity contribution in [2.45, 2.75) is 32.6 Å². The van der Waals surface area contributed by atoms with Gasteiger partial charge < -0.3 is 9.80 Å². The first-order chi connectivity index (χ1) is 13.2. The van der Waals surface area contributed by atoms with Crippen LogP contribution in [0.25, 0.3) is 16.8 Å². The van der Waals surface area contributed by atoms with Gasteiger partial charge in [-0.25, -0.2) is 4.98 Å². The van der Waals surface area contributed by atoms with Crippen LogP contribution in [0.1, 0.15) is 29.8 Å². The quantitative estimate of drug-likeness (QED) is 0.757. The summed E-state index contributed by atoms with van der Waals surface area (Å²) in [4.78, 5) is 9.33. The number of likely N-dealkylation sites (N-methyl/N-ethyl adjacent to an activating group) is 1. The summed E-state index contributed by atoms with van der Waals surface area (Å²) >= 11 is 0. The Morgan fingerprint density at radius 1 is 1.00 bits per heavy atom. The zero-order chi connectivity index (χ0) is 18.4. The lowest BCUT2D eigenvalue weighted by atomic mass is 9.95. The lowest BCUT2D eigenvalue weighted by Crippen LogP contribution is -3.12. The SMILES string of the molecule is Cc1nn2c(N3CC[NH+](C)CC3)c3c(nc2c1-c1ccccc1)CCCC3. The third-order valence-corrected chi connectivity index (χ3v) is 6.17. The Morgan fingerprint density at radius 2 is 1.74 bits per heavy atom. The van der Waals surface area contributed by atoms with Gasteiger partial charge in [-0.2, -0.15) is 9.61 Å². The van der Waals surface area contributed by atoms with Crippen molar-refractivity contribution in [2.24, 2.45) is 0 Å². The molecule has 3 heterocycles. The molecule has 3 aromatic rings. The number of nitrogens with one attached hydrogen (secondary N) is 1. The molecule has 0 saturated carbocycles. The van der Waals surface area contributed by atoms with Crippen molar-refractivity contribution >= 4 is 11.5 Å². The number of fused-ring (bicyclic) bond motifs is 2. The second kappa shape index (κ2) is 6.64. The van der Waals surface area contributed by atoms with Crippen LogP contribution >= 0.6 is 0 Å². The number of nitrogens with zero attached hydrogens (tertiary/aromatic N) is 4. The third kappa shape index (κ3) is 2.81. The molecule has 1 N–H and O–H groups in total. The van der Waals surface area contributed by atoms with E-state index in [2.05, 4.69) is 53.7 Å². The number of anilines is 1. The molecule has 2 aromatic heterocycles. The first-order valence-corrected chi connectivity index (χ1v) is 10.2. The highest BCUT2D eigenvalue weighted by Gasteiger charge is 2.28. The molecule has 5 nitrogen and oxygen atoms in total. The van der Waals surface area contributed by atoms with Gasteiger partial charge in [-0.1, -0.05) is 30.3 Å². The predicted octanol–water partition coefficient (Wildman–Crippen LogP) is 1.92. The third-order valence-electron chi connectivity index (χ3n) is 6.17. The number of hydrogen-bond acceptors (Lipinski definition) is 3. The van der Waals surface area contributed by atoms with Crippen LogP contribution in [-0.2, 0) is 12.8 Å². The van der Waals surface area contributed by atoms with Crippen molar-refractivity contribution in [3.63, 3.8) is 0 Å². The second-order valence-electron chi connectivity index (χ2n) is 8.07. The van der Waals surface area contributed by atoms with Gasteiger partial charge in [0.2, 0.25) is 0 Å². The molecule has 0 radical (unpaired) electrons. The Bertz CT molecular complexity index is 968. The first kappa shape index (κ1) is 16.8. The van der Waals surface area contributed by atoms with Crippen LogP contribution < -0.4 is 9.80 Å². The summed E-state index contributed by atoms with van der Waals surface area (Å²) in [7, 11) is 2.29. The lowest BCUT2D eigenvalue weighted by Gasteiger charge is -2.34. The average Bonchev–Trinajstić information content (AvgIpc) is 3.03. The van der Waals surface area contributed by atoms with Crippen LogP contribution in [0.15, 0.2) is 30.3 Å². The Hall–Kier alpha value is -2.40.